The van der Waals surface area contributed by atoms with E-state index in [1.54, 1.807) is 0 Å². The molecular formula is C23H26N4O2. The van der Waals surface area contributed by atoms with Crippen molar-refractivity contribution >= 4 is 11.7 Å². The molecule has 29 heavy (non-hydrogen) atoms. The number of ether oxygens (including phenoxy) is 1. The van der Waals surface area contributed by atoms with E-state index in [0.29, 0.717) is 6.61 Å². The molecule has 0 fully saturated rings. The fraction of sp³-hybridized carbons (Fsp3) is 0.304. The molecule has 1 unspecified atom stereocenters. The third-order valence-corrected chi connectivity index (χ3v) is 5.17. The lowest BCUT2D eigenvalue weighted by molar-refractivity contribution is 0.247. The Kier molecular flexibility index (Phi) is 5.79. The third-order valence-electron chi connectivity index (χ3n) is 5.17. The molecule has 1 aliphatic rings. The second-order valence-corrected chi connectivity index (χ2v) is 7.19. The normalized spacial score (nSPS) is 15.4. The maximum Gasteiger partial charge on any atom is 0.319 e. The first-order valence-electron chi connectivity index (χ1n) is 10.1. The van der Waals surface area contributed by atoms with Crippen LogP contribution >= 0.6 is 0 Å². The lowest BCUT2D eigenvalue weighted by atomic mass is 9.93. The molecule has 6 heteroatoms. The number of carbonyl (C=O) groups excluding carboxylic acids is 1. The van der Waals surface area contributed by atoms with Gasteiger partial charge in [-0.15, -0.1) is 0 Å². The Hall–Kier alpha value is -3.28. The number of anilines is 1. The van der Waals surface area contributed by atoms with Crippen LogP contribution in [0, 0.1) is 0 Å². The molecular weight excluding hydrogens is 364 g/mol. The zero-order chi connectivity index (χ0) is 20.1. The number of benzene rings is 2. The van der Waals surface area contributed by atoms with Gasteiger partial charge in [0.2, 0.25) is 0 Å². The highest BCUT2D eigenvalue weighted by molar-refractivity contribution is 5.89. The number of urea groups is 1. The van der Waals surface area contributed by atoms with Crippen molar-refractivity contribution in [2.45, 2.75) is 38.8 Å². The summed E-state index contributed by atoms with van der Waals surface area (Å²) in [5.74, 6) is 0.793. The van der Waals surface area contributed by atoms with Crippen LogP contribution in [0.15, 0.2) is 60.8 Å². The predicted molar refractivity (Wildman–Crippen MR) is 113 cm³/mol. The molecule has 0 aliphatic heterocycles. The van der Waals surface area contributed by atoms with E-state index in [-0.39, 0.29) is 12.1 Å². The van der Waals surface area contributed by atoms with Crippen LogP contribution in [0.3, 0.4) is 0 Å². The van der Waals surface area contributed by atoms with Gasteiger partial charge in [-0.3, -0.25) is 4.68 Å². The Labute approximate surface area is 170 Å². The SMILES string of the molecule is CCOc1ccc(NC(=O)NC2CCCc3c2cnn3Cc2ccccc2)cc1. The molecule has 3 aromatic rings. The van der Waals surface area contributed by atoms with Gasteiger partial charge < -0.3 is 15.4 Å². The van der Waals surface area contributed by atoms with Gasteiger partial charge in [-0.2, -0.15) is 5.10 Å². The zero-order valence-electron chi connectivity index (χ0n) is 16.6. The van der Waals surface area contributed by atoms with Crippen molar-refractivity contribution in [2.75, 3.05) is 11.9 Å². The van der Waals surface area contributed by atoms with Crippen molar-refractivity contribution in [1.29, 1.82) is 0 Å². The monoisotopic (exact) mass is 390 g/mol. The number of hydrogen-bond donors (Lipinski definition) is 2. The van der Waals surface area contributed by atoms with E-state index in [2.05, 4.69) is 32.5 Å². The summed E-state index contributed by atoms with van der Waals surface area (Å²) in [6.45, 7) is 3.32. The van der Waals surface area contributed by atoms with Gasteiger partial charge in [0.1, 0.15) is 5.75 Å². The maximum atomic E-state index is 12.5. The van der Waals surface area contributed by atoms with Gasteiger partial charge >= 0.3 is 6.03 Å². The average Bonchev–Trinajstić information content (AvgIpc) is 3.14. The van der Waals surface area contributed by atoms with Crippen LogP contribution in [0.2, 0.25) is 0 Å². The Balaban J connectivity index is 1.41. The van der Waals surface area contributed by atoms with Crippen LogP contribution in [0.5, 0.6) is 5.75 Å². The van der Waals surface area contributed by atoms with Crippen molar-refractivity contribution in [3.05, 3.63) is 77.6 Å². The first kappa shape index (κ1) is 19.1. The Bertz CT molecular complexity index is 951. The Morgan fingerprint density at radius 3 is 2.72 bits per heavy atom. The molecule has 1 aromatic heterocycles. The first-order chi connectivity index (χ1) is 14.2. The van der Waals surface area contributed by atoms with Crippen molar-refractivity contribution in [1.82, 2.24) is 15.1 Å². The van der Waals surface area contributed by atoms with Crippen LogP contribution in [-0.2, 0) is 13.0 Å². The van der Waals surface area contributed by atoms with E-state index in [1.807, 2.05) is 55.6 Å². The van der Waals surface area contributed by atoms with Gasteiger partial charge in [0.05, 0.1) is 25.4 Å². The standard InChI is InChI=1S/C23H26N4O2/c1-2-29-19-13-11-18(12-14-19)25-23(28)26-21-9-6-10-22-20(21)15-24-27(22)16-17-7-4-3-5-8-17/h3-5,7-8,11-15,21H,2,6,9-10,16H2,1H3,(H2,25,26,28). The molecule has 1 heterocycles. The van der Waals surface area contributed by atoms with Crippen LogP contribution in [0.4, 0.5) is 10.5 Å². The predicted octanol–water partition coefficient (Wildman–Crippen LogP) is 4.53. The van der Waals surface area contributed by atoms with Crippen molar-refractivity contribution in [3.63, 3.8) is 0 Å². The molecule has 1 aliphatic carbocycles. The molecule has 4 rings (SSSR count). The topological polar surface area (TPSA) is 68.2 Å². The van der Waals surface area contributed by atoms with Gasteiger partial charge in [0.25, 0.3) is 0 Å². The molecule has 2 amide bonds. The number of amides is 2. The second-order valence-electron chi connectivity index (χ2n) is 7.19. The number of fused-ring (bicyclic) bond motifs is 1. The van der Waals surface area contributed by atoms with E-state index >= 15 is 0 Å². The minimum Gasteiger partial charge on any atom is -0.494 e. The highest BCUT2D eigenvalue weighted by Gasteiger charge is 2.25. The smallest absolute Gasteiger partial charge is 0.319 e. The fourth-order valence-corrected chi connectivity index (χ4v) is 3.79. The number of hydrogen-bond acceptors (Lipinski definition) is 3. The van der Waals surface area contributed by atoms with E-state index in [1.165, 1.54) is 11.3 Å². The van der Waals surface area contributed by atoms with Gasteiger partial charge in [-0.1, -0.05) is 30.3 Å². The number of nitrogens with one attached hydrogen (secondary N) is 2. The van der Waals surface area contributed by atoms with Crippen LogP contribution in [0.25, 0.3) is 0 Å². The van der Waals surface area contributed by atoms with Gasteiger partial charge in [-0.05, 0) is 56.0 Å². The van der Waals surface area contributed by atoms with E-state index in [4.69, 9.17) is 4.74 Å². The molecule has 0 bridgehead atoms. The van der Waals surface area contributed by atoms with Crippen LogP contribution < -0.4 is 15.4 Å². The maximum absolute atomic E-state index is 12.5. The summed E-state index contributed by atoms with van der Waals surface area (Å²) >= 11 is 0. The van der Waals surface area contributed by atoms with Crippen molar-refractivity contribution < 1.29 is 9.53 Å². The zero-order valence-corrected chi connectivity index (χ0v) is 16.6. The van der Waals surface area contributed by atoms with Crippen LogP contribution in [-0.4, -0.2) is 22.4 Å². The second kappa shape index (κ2) is 8.82. The highest BCUT2D eigenvalue weighted by Crippen LogP contribution is 2.30. The number of nitrogens with zero attached hydrogens (tertiary/aromatic N) is 2. The number of rotatable bonds is 6. The molecule has 0 saturated heterocycles. The summed E-state index contributed by atoms with van der Waals surface area (Å²) in [6, 6.07) is 17.5. The molecule has 6 nitrogen and oxygen atoms in total. The lowest BCUT2D eigenvalue weighted by Crippen LogP contribution is -2.34. The van der Waals surface area contributed by atoms with Crippen molar-refractivity contribution in [3.8, 4) is 5.75 Å². The van der Waals surface area contributed by atoms with E-state index in [9.17, 15) is 4.79 Å². The minimum atomic E-state index is -0.206. The number of aromatic nitrogens is 2. The molecule has 150 valence electrons. The van der Waals surface area contributed by atoms with Crippen molar-refractivity contribution in [2.24, 2.45) is 0 Å². The third kappa shape index (κ3) is 4.59. The highest BCUT2D eigenvalue weighted by atomic mass is 16.5. The Morgan fingerprint density at radius 2 is 1.97 bits per heavy atom. The summed E-state index contributed by atoms with van der Waals surface area (Å²) < 4.78 is 7.49. The van der Waals surface area contributed by atoms with Gasteiger partial charge in [0, 0.05) is 16.9 Å². The molecule has 2 N–H and O–H groups in total. The minimum absolute atomic E-state index is 0.0222. The summed E-state index contributed by atoms with van der Waals surface area (Å²) in [4.78, 5) is 12.5. The van der Waals surface area contributed by atoms with Gasteiger partial charge in [-0.25, -0.2) is 4.79 Å². The first-order valence-corrected chi connectivity index (χ1v) is 10.1. The Morgan fingerprint density at radius 1 is 1.17 bits per heavy atom. The van der Waals surface area contributed by atoms with E-state index in [0.717, 1.165) is 42.8 Å². The largest absolute Gasteiger partial charge is 0.494 e. The molecule has 0 spiro atoms. The summed E-state index contributed by atoms with van der Waals surface area (Å²) in [5, 5.41) is 10.6. The molecule has 0 saturated carbocycles. The summed E-state index contributed by atoms with van der Waals surface area (Å²) in [5.41, 5.74) is 4.30. The van der Waals surface area contributed by atoms with E-state index < -0.39 is 0 Å². The molecule has 0 radical (unpaired) electrons. The lowest BCUT2D eigenvalue weighted by Gasteiger charge is -2.24. The summed E-state index contributed by atoms with van der Waals surface area (Å²) in [7, 11) is 0. The van der Waals surface area contributed by atoms with Gasteiger partial charge in [0.15, 0.2) is 0 Å². The quantitative estimate of drug-likeness (QED) is 0.650. The number of carbonyl (C=O) groups is 1. The average molecular weight is 390 g/mol. The fourth-order valence-electron chi connectivity index (χ4n) is 3.79. The molecule has 2 aromatic carbocycles. The molecule has 1 atom stereocenters. The van der Waals surface area contributed by atoms with Crippen LogP contribution in [0.1, 0.15) is 42.6 Å². The summed E-state index contributed by atoms with van der Waals surface area (Å²) in [6.07, 6.45) is 4.84.